The molecule has 0 saturated heterocycles. The van der Waals surface area contributed by atoms with Gasteiger partial charge >= 0.3 is 0 Å². The zero-order valence-corrected chi connectivity index (χ0v) is 11.5. The van der Waals surface area contributed by atoms with Crippen molar-refractivity contribution in [2.45, 2.75) is 6.54 Å². The molecule has 0 aliphatic carbocycles. The van der Waals surface area contributed by atoms with Gasteiger partial charge in [-0.3, -0.25) is 0 Å². The molecule has 0 radical (unpaired) electrons. The molecule has 0 fully saturated rings. The van der Waals surface area contributed by atoms with Gasteiger partial charge in [0.2, 0.25) is 0 Å². The molecule has 2 rings (SSSR count). The highest BCUT2D eigenvalue weighted by Crippen LogP contribution is 2.32. The average molecular weight is 311 g/mol. The third-order valence-electron chi connectivity index (χ3n) is 2.08. The van der Waals surface area contributed by atoms with Gasteiger partial charge in [-0.2, -0.15) is 0 Å². The van der Waals surface area contributed by atoms with E-state index in [-0.39, 0.29) is 10.0 Å². The number of rotatable bonds is 3. The maximum absolute atomic E-state index is 13.0. The van der Waals surface area contributed by atoms with Crippen LogP contribution in [0.25, 0.3) is 0 Å². The fourth-order valence-electron chi connectivity index (χ4n) is 1.33. The number of nitrogens with one attached hydrogen (secondary N) is 1. The number of thiophene rings is 1. The Labute approximate surface area is 117 Å². The molecule has 0 atom stereocenters. The second-order valence-corrected chi connectivity index (χ2v) is 5.92. The summed E-state index contributed by atoms with van der Waals surface area (Å²) in [5.41, 5.74) is 0.527. The molecule has 17 heavy (non-hydrogen) atoms. The Balaban J connectivity index is 2.14. The van der Waals surface area contributed by atoms with E-state index in [1.807, 2.05) is 12.1 Å². The highest BCUT2D eigenvalue weighted by molar-refractivity contribution is 7.16. The molecule has 1 heterocycles. The normalized spacial score (nSPS) is 10.6. The lowest BCUT2D eigenvalue weighted by atomic mass is 10.3. The molecule has 0 amide bonds. The van der Waals surface area contributed by atoms with Crippen molar-refractivity contribution >= 4 is 51.8 Å². The lowest BCUT2D eigenvalue weighted by Crippen LogP contribution is -1.99. The molecular weight excluding hydrogens is 304 g/mol. The van der Waals surface area contributed by atoms with Crippen LogP contribution >= 0.6 is 46.1 Å². The molecule has 90 valence electrons. The van der Waals surface area contributed by atoms with E-state index in [1.165, 1.54) is 23.5 Å². The van der Waals surface area contributed by atoms with Crippen LogP contribution < -0.4 is 5.32 Å². The maximum atomic E-state index is 13.0. The maximum Gasteiger partial charge on any atom is 0.126 e. The molecule has 0 saturated carbocycles. The summed E-state index contributed by atoms with van der Waals surface area (Å²) in [6.07, 6.45) is 0. The van der Waals surface area contributed by atoms with Gasteiger partial charge in [0, 0.05) is 11.4 Å². The zero-order valence-electron chi connectivity index (χ0n) is 8.44. The van der Waals surface area contributed by atoms with Gasteiger partial charge in [-0.15, -0.1) is 11.3 Å². The fourth-order valence-corrected chi connectivity index (χ4v) is 2.95. The standard InChI is InChI=1S/C11H7Cl3FNS/c12-8-3-6(15)4-9(13)11(8)16-5-7-1-2-10(14)17-7/h1-4,16H,5H2. The molecule has 1 aromatic carbocycles. The Hall–Kier alpha value is -0.480. The van der Waals surface area contributed by atoms with Gasteiger partial charge in [-0.25, -0.2) is 4.39 Å². The second kappa shape index (κ2) is 5.44. The fraction of sp³-hybridized carbons (Fsp3) is 0.0909. The number of hydrogen-bond acceptors (Lipinski definition) is 2. The van der Waals surface area contributed by atoms with Crippen LogP contribution in [0.3, 0.4) is 0 Å². The lowest BCUT2D eigenvalue weighted by Gasteiger charge is -2.09. The van der Waals surface area contributed by atoms with Gasteiger partial charge in [-0.1, -0.05) is 34.8 Å². The van der Waals surface area contributed by atoms with Crippen molar-refractivity contribution in [3.8, 4) is 0 Å². The van der Waals surface area contributed by atoms with E-state index in [0.29, 0.717) is 12.2 Å². The smallest absolute Gasteiger partial charge is 0.126 e. The van der Waals surface area contributed by atoms with Crippen LogP contribution in [0.15, 0.2) is 24.3 Å². The first kappa shape index (κ1) is 13.0. The molecule has 0 aliphatic heterocycles. The third kappa shape index (κ3) is 3.26. The SMILES string of the molecule is Fc1cc(Cl)c(NCc2ccc(Cl)s2)c(Cl)c1. The second-order valence-electron chi connectivity index (χ2n) is 3.30. The van der Waals surface area contributed by atoms with Crippen LogP contribution in [0.2, 0.25) is 14.4 Å². The largest absolute Gasteiger partial charge is 0.378 e. The lowest BCUT2D eigenvalue weighted by molar-refractivity contribution is 0.628. The van der Waals surface area contributed by atoms with Gasteiger partial charge in [0.15, 0.2) is 0 Å². The number of benzene rings is 1. The minimum Gasteiger partial charge on any atom is -0.378 e. The first-order chi connectivity index (χ1) is 8.06. The van der Waals surface area contributed by atoms with Crippen molar-refractivity contribution in [3.63, 3.8) is 0 Å². The van der Waals surface area contributed by atoms with Crippen LogP contribution in [0.1, 0.15) is 4.88 Å². The predicted octanol–water partition coefficient (Wildman–Crippen LogP) is 5.46. The Kier molecular flexibility index (Phi) is 4.15. The Morgan fingerprint density at radius 2 is 1.76 bits per heavy atom. The summed E-state index contributed by atoms with van der Waals surface area (Å²) in [5.74, 6) is -0.454. The van der Waals surface area contributed by atoms with Crippen molar-refractivity contribution in [2.24, 2.45) is 0 Å². The van der Waals surface area contributed by atoms with Gasteiger partial charge in [0.1, 0.15) is 5.82 Å². The van der Waals surface area contributed by atoms with E-state index in [2.05, 4.69) is 5.32 Å². The minimum absolute atomic E-state index is 0.262. The highest BCUT2D eigenvalue weighted by atomic mass is 35.5. The van der Waals surface area contributed by atoms with E-state index in [1.54, 1.807) is 0 Å². The molecule has 0 spiro atoms. The predicted molar refractivity (Wildman–Crippen MR) is 73.1 cm³/mol. The minimum atomic E-state index is -0.454. The van der Waals surface area contributed by atoms with E-state index in [9.17, 15) is 4.39 Å². The van der Waals surface area contributed by atoms with Crippen molar-refractivity contribution in [1.82, 2.24) is 0 Å². The summed E-state index contributed by atoms with van der Waals surface area (Å²) in [7, 11) is 0. The summed E-state index contributed by atoms with van der Waals surface area (Å²) >= 11 is 19.1. The summed E-state index contributed by atoms with van der Waals surface area (Å²) in [6, 6.07) is 6.16. The monoisotopic (exact) mass is 309 g/mol. The van der Waals surface area contributed by atoms with Crippen LogP contribution in [0.5, 0.6) is 0 Å². The van der Waals surface area contributed by atoms with Crippen molar-refractivity contribution in [3.05, 3.63) is 49.3 Å². The van der Waals surface area contributed by atoms with Crippen molar-refractivity contribution in [2.75, 3.05) is 5.32 Å². The van der Waals surface area contributed by atoms with Gasteiger partial charge in [0.05, 0.1) is 20.1 Å². The number of hydrogen-bond donors (Lipinski definition) is 1. The first-order valence-electron chi connectivity index (χ1n) is 4.69. The molecular formula is C11H7Cl3FNS. The van der Waals surface area contributed by atoms with Crippen molar-refractivity contribution in [1.29, 1.82) is 0 Å². The molecule has 1 nitrogen and oxygen atoms in total. The number of halogens is 4. The van der Waals surface area contributed by atoms with Crippen LogP contribution in [-0.4, -0.2) is 0 Å². The van der Waals surface area contributed by atoms with Crippen molar-refractivity contribution < 1.29 is 4.39 Å². The van der Waals surface area contributed by atoms with E-state index < -0.39 is 5.82 Å². The molecule has 1 N–H and O–H groups in total. The molecule has 1 aromatic heterocycles. The molecule has 6 heteroatoms. The Morgan fingerprint density at radius 1 is 1.12 bits per heavy atom. The van der Waals surface area contributed by atoms with E-state index >= 15 is 0 Å². The molecule has 2 aromatic rings. The molecule has 0 bridgehead atoms. The molecule has 0 unspecified atom stereocenters. The quantitative estimate of drug-likeness (QED) is 0.794. The van der Waals surface area contributed by atoms with E-state index in [0.717, 1.165) is 9.21 Å². The first-order valence-corrected chi connectivity index (χ1v) is 6.64. The topological polar surface area (TPSA) is 12.0 Å². The zero-order chi connectivity index (χ0) is 12.4. The number of anilines is 1. The summed E-state index contributed by atoms with van der Waals surface area (Å²) in [4.78, 5) is 1.05. The average Bonchev–Trinajstić information content (AvgIpc) is 2.62. The van der Waals surface area contributed by atoms with Crippen LogP contribution in [-0.2, 0) is 6.54 Å². The van der Waals surface area contributed by atoms with Crippen LogP contribution in [0, 0.1) is 5.82 Å². The highest BCUT2D eigenvalue weighted by Gasteiger charge is 2.08. The summed E-state index contributed by atoms with van der Waals surface area (Å²) in [6.45, 7) is 0.544. The summed E-state index contributed by atoms with van der Waals surface area (Å²) < 4.78 is 13.7. The van der Waals surface area contributed by atoms with Gasteiger partial charge in [-0.05, 0) is 24.3 Å². The Morgan fingerprint density at radius 3 is 2.29 bits per heavy atom. The molecule has 0 aliphatic rings. The van der Waals surface area contributed by atoms with Gasteiger partial charge < -0.3 is 5.32 Å². The summed E-state index contributed by atoms with van der Waals surface area (Å²) in [5, 5.41) is 3.58. The Bertz CT molecular complexity index is 518. The third-order valence-corrected chi connectivity index (χ3v) is 3.90. The van der Waals surface area contributed by atoms with Gasteiger partial charge in [0.25, 0.3) is 0 Å². The van der Waals surface area contributed by atoms with Crippen LogP contribution in [0.4, 0.5) is 10.1 Å². The van der Waals surface area contributed by atoms with E-state index in [4.69, 9.17) is 34.8 Å².